The number of amides is 1. The molecule has 0 saturated carbocycles. The Kier molecular flexibility index (Phi) is 4.75. The number of benzene rings is 3. The molecule has 128 valence electrons. The summed E-state index contributed by atoms with van der Waals surface area (Å²) >= 11 is 0. The Hall–Kier alpha value is -3.21. The van der Waals surface area contributed by atoms with Crippen LogP contribution < -0.4 is 19.5 Å². The summed E-state index contributed by atoms with van der Waals surface area (Å²) in [5.41, 5.74) is 1.04. The highest BCUT2D eigenvalue weighted by atomic mass is 16.5. The summed E-state index contributed by atoms with van der Waals surface area (Å²) in [6.07, 6.45) is 0. The van der Waals surface area contributed by atoms with Crippen LogP contribution in [0, 0.1) is 0 Å². The minimum Gasteiger partial charge on any atom is -0.496 e. The van der Waals surface area contributed by atoms with Gasteiger partial charge in [-0.3, -0.25) is 4.79 Å². The van der Waals surface area contributed by atoms with Gasteiger partial charge >= 0.3 is 0 Å². The van der Waals surface area contributed by atoms with E-state index in [9.17, 15) is 4.79 Å². The molecule has 5 nitrogen and oxygen atoms in total. The molecule has 1 N–H and O–H groups in total. The first kappa shape index (κ1) is 16.6. The van der Waals surface area contributed by atoms with Gasteiger partial charge in [-0.05, 0) is 24.3 Å². The normalized spacial score (nSPS) is 10.4. The molecule has 3 aromatic carbocycles. The molecule has 0 radical (unpaired) electrons. The Bertz CT molecular complexity index is 898. The molecule has 25 heavy (non-hydrogen) atoms. The summed E-state index contributed by atoms with van der Waals surface area (Å²) in [5, 5.41) is 4.77. The van der Waals surface area contributed by atoms with E-state index in [0.717, 1.165) is 16.5 Å². The molecule has 0 aliphatic heterocycles. The van der Waals surface area contributed by atoms with Gasteiger partial charge in [-0.15, -0.1) is 0 Å². The van der Waals surface area contributed by atoms with Crippen LogP contribution in [-0.4, -0.2) is 27.2 Å². The summed E-state index contributed by atoms with van der Waals surface area (Å²) in [4.78, 5) is 12.9. The molecule has 0 aliphatic carbocycles. The van der Waals surface area contributed by atoms with Crippen molar-refractivity contribution in [3.8, 4) is 17.2 Å². The molecule has 0 atom stereocenters. The van der Waals surface area contributed by atoms with Crippen molar-refractivity contribution < 1.29 is 19.0 Å². The van der Waals surface area contributed by atoms with Crippen LogP contribution in [0.15, 0.2) is 54.6 Å². The summed E-state index contributed by atoms with van der Waals surface area (Å²) in [7, 11) is 4.67. The Morgan fingerprint density at radius 2 is 1.32 bits per heavy atom. The van der Waals surface area contributed by atoms with Crippen LogP contribution in [0.25, 0.3) is 10.8 Å². The highest BCUT2D eigenvalue weighted by Gasteiger charge is 2.19. The van der Waals surface area contributed by atoms with E-state index in [0.29, 0.717) is 22.7 Å². The fourth-order valence-electron chi connectivity index (χ4n) is 2.82. The number of hydrogen-bond acceptors (Lipinski definition) is 4. The second-order valence-corrected chi connectivity index (χ2v) is 5.35. The predicted octanol–water partition coefficient (Wildman–Crippen LogP) is 4.12. The van der Waals surface area contributed by atoms with Crippen molar-refractivity contribution in [3.05, 3.63) is 60.2 Å². The maximum absolute atomic E-state index is 12.9. The number of carbonyl (C=O) groups excluding carboxylic acids is 1. The second-order valence-electron chi connectivity index (χ2n) is 5.35. The van der Waals surface area contributed by atoms with Crippen LogP contribution in [0.2, 0.25) is 0 Å². The van der Waals surface area contributed by atoms with Gasteiger partial charge in [0.2, 0.25) is 0 Å². The highest BCUT2D eigenvalue weighted by Crippen LogP contribution is 2.33. The lowest BCUT2D eigenvalue weighted by molar-refractivity contribution is 0.102. The number of ether oxygens (including phenoxy) is 3. The van der Waals surface area contributed by atoms with E-state index in [-0.39, 0.29) is 5.91 Å². The van der Waals surface area contributed by atoms with Crippen molar-refractivity contribution in [2.24, 2.45) is 0 Å². The smallest absolute Gasteiger partial charge is 0.263 e. The van der Waals surface area contributed by atoms with E-state index < -0.39 is 0 Å². The molecule has 0 spiro atoms. The minimum atomic E-state index is -0.301. The Labute approximate surface area is 146 Å². The van der Waals surface area contributed by atoms with E-state index in [1.165, 1.54) is 14.2 Å². The summed E-state index contributed by atoms with van der Waals surface area (Å²) in [5.74, 6) is 1.36. The number of hydrogen-bond donors (Lipinski definition) is 1. The lowest BCUT2D eigenvalue weighted by Crippen LogP contribution is -2.15. The third kappa shape index (κ3) is 3.08. The molecular formula is C20H19NO4. The van der Waals surface area contributed by atoms with Gasteiger partial charge in [-0.25, -0.2) is 0 Å². The Morgan fingerprint density at radius 1 is 0.720 bits per heavy atom. The Balaban J connectivity index is 2.04. The fraction of sp³-hybridized carbons (Fsp3) is 0.150. The molecule has 0 fully saturated rings. The third-order valence-corrected chi connectivity index (χ3v) is 4.01. The van der Waals surface area contributed by atoms with Crippen LogP contribution in [0.4, 0.5) is 5.69 Å². The molecule has 5 heteroatoms. The van der Waals surface area contributed by atoms with Gasteiger partial charge in [0.05, 0.1) is 21.3 Å². The van der Waals surface area contributed by atoms with Gasteiger partial charge < -0.3 is 19.5 Å². The summed E-state index contributed by atoms with van der Waals surface area (Å²) in [6.45, 7) is 0. The lowest BCUT2D eigenvalue weighted by Gasteiger charge is -2.15. The maximum atomic E-state index is 12.9. The SMILES string of the molecule is COc1cccc(OC)c1C(=O)Nc1ccc(OC)c2ccccc12. The monoisotopic (exact) mass is 337 g/mol. The molecule has 0 bridgehead atoms. The van der Waals surface area contributed by atoms with Crippen molar-refractivity contribution in [1.29, 1.82) is 0 Å². The number of nitrogens with one attached hydrogen (secondary N) is 1. The average molecular weight is 337 g/mol. The van der Waals surface area contributed by atoms with Crippen LogP contribution in [0.5, 0.6) is 17.2 Å². The van der Waals surface area contributed by atoms with E-state index in [2.05, 4.69) is 5.32 Å². The first-order valence-electron chi connectivity index (χ1n) is 7.77. The second kappa shape index (κ2) is 7.13. The quantitative estimate of drug-likeness (QED) is 0.761. The van der Waals surface area contributed by atoms with E-state index in [1.807, 2.05) is 36.4 Å². The zero-order valence-electron chi connectivity index (χ0n) is 14.3. The highest BCUT2D eigenvalue weighted by molar-refractivity contribution is 6.12. The van der Waals surface area contributed by atoms with Gasteiger partial charge in [-0.1, -0.05) is 30.3 Å². The lowest BCUT2D eigenvalue weighted by atomic mass is 10.1. The van der Waals surface area contributed by atoms with Crippen molar-refractivity contribution >= 4 is 22.4 Å². The summed E-state index contributed by atoms with van der Waals surface area (Å²) < 4.78 is 16.0. The topological polar surface area (TPSA) is 56.8 Å². The number of rotatable bonds is 5. The number of methoxy groups -OCH3 is 3. The van der Waals surface area contributed by atoms with Crippen molar-refractivity contribution in [1.82, 2.24) is 0 Å². The molecule has 1 amide bonds. The van der Waals surface area contributed by atoms with Gasteiger partial charge in [0.15, 0.2) is 0 Å². The number of fused-ring (bicyclic) bond motifs is 1. The minimum absolute atomic E-state index is 0.301. The average Bonchev–Trinajstić information content (AvgIpc) is 2.67. The fourth-order valence-corrected chi connectivity index (χ4v) is 2.82. The molecule has 3 aromatic rings. The first-order chi connectivity index (χ1) is 12.2. The zero-order valence-corrected chi connectivity index (χ0v) is 14.3. The number of carbonyl (C=O) groups is 1. The van der Waals surface area contributed by atoms with E-state index in [4.69, 9.17) is 14.2 Å². The third-order valence-electron chi connectivity index (χ3n) is 4.01. The molecule has 0 heterocycles. The largest absolute Gasteiger partial charge is 0.496 e. The van der Waals surface area contributed by atoms with Gasteiger partial charge in [0.1, 0.15) is 22.8 Å². The van der Waals surface area contributed by atoms with Crippen molar-refractivity contribution in [2.45, 2.75) is 0 Å². The predicted molar refractivity (Wildman–Crippen MR) is 98.0 cm³/mol. The van der Waals surface area contributed by atoms with Gasteiger partial charge in [0.25, 0.3) is 5.91 Å². The maximum Gasteiger partial charge on any atom is 0.263 e. The molecule has 0 aromatic heterocycles. The molecule has 0 saturated heterocycles. The Morgan fingerprint density at radius 3 is 1.92 bits per heavy atom. The van der Waals surface area contributed by atoms with Crippen molar-refractivity contribution in [3.63, 3.8) is 0 Å². The summed E-state index contributed by atoms with van der Waals surface area (Å²) in [6, 6.07) is 16.6. The van der Waals surface area contributed by atoms with Crippen LogP contribution >= 0.6 is 0 Å². The number of anilines is 1. The molecular weight excluding hydrogens is 318 g/mol. The van der Waals surface area contributed by atoms with Gasteiger partial charge in [-0.2, -0.15) is 0 Å². The first-order valence-corrected chi connectivity index (χ1v) is 7.77. The van der Waals surface area contributed by atoms with Crippen LogP contribution in [0.1, 0.15) is 10.4 Å². The van der Waals surface area contributed by atoms with E-state index >= 15 is 0 Å². The van der Waals surface area contributed by atoms with Crippen LogP contribution in [-0.2, 0) is 0 Å². The molecule has 3 rings (SSSR count). The molecule has 0 aliphatic rings. The van der Waals surface area contributed by atoms with Crippen molar-refractivity contribution in [2.75, 3.05) is 26.6 Å². The van der Waals surface area contributed by atoms with Crippen LogP contribution in [0.3, 0.4) is 0 Å². The zero-order chi connectivity index (χ0) is 17.8. The molecule has 0 unspecified atom stereocenters. The standard InChI is InChI=1S/C20H19NO4/c1-23-16-12-11-15(13-7-4-5-8-14(13)16)21-20(22)19-17(24-2)9-6-10-18(19)25-3/h4-12H,1-3H3,(H,21,22). The van der Waals surface area contributed by atoms with Gasteiger partial charge in [0, 0.05) is 16.5 Å². The van der Waals surface area contributed by atoms with E-state index in [1.54, 1.807) is 25.3 Å².